The van der Waals surface area contributed by atoms with Crippen molar-refractivity contribution >= 4 is 16.9 Å². The third-order valence-corrected chi connectivity index (χ3v) is 3.67. The van der Waals surface area contributed by atoms with Crippen molar-refractivity contribution in [1.82, 2.24) is 4.98 Å². The van der Waals surface area contributed by atoms with Crippen LogP contribution in [-0.2, 0) is 11.3 Å². The summed E-state index contributed by atoms with van der Waals surface area (Å²) in [7, 11) is 1.34. The zero-order chi connectivity index (χ0) is 18.5. The van der Waals surface area contributed by atoms with Crippen LogP contribution in [0.3, 0.4) is 0 Å². The number of esters is 1. The molecule has 5 nitrogen and oxygen atoms in total. The number of nitrogens with zero attached hydrogens (tertiary/aromatic N) is 1. The quantitative estimate of drug-likeness (QED) is 0.618. The van der Waals surface area contributed by atoms with Crippen molar-refractivity contribution in [3.8, 4) is 11.5 Å². The average Bonchev–Trinajstić information content (AvgIpc) is 2.66. The fraction of sp³-hybridized carbons (Fsp3) is 0.158. The van der Waals surface area contributed by atoms with E-state index in [2.05, 4.69) is 9.72 Å². The third-order valence-electron chi connectivity index (χ3n) is 3.67. The van der Waals surface area contributed by atoms with Gasteiger partial charge in [0, 0.05) is 11.6 Å². The molecule has 3 rings (SSSR count). The van der Waals surface area contributed by atoms with Gasteiger partial charge in [0.25, 0.3) is 0 Å². The van der Waals surface area contributed by atoms with Gasteiger partial charge < -0.3 is 14.2 Å². The summed E-state index contributed by atoms with van der Waals surface area (Å²) in [5.74, 6) is -0.484. The predicted molar refractivity (Wildman–Crippen MR) is 90.5 cm³/mol. The number of ether oxygens (including phenoxy) is 3. The molecule has 0 atom stereocenters. The SMILES string of the molecule is COc1cc(COC(=O)c2cccc3cccnc23)ccc1OC(F)F. The number of alkyl halides is 2. The molecular formula is C19H15F2NO4. The maximum absolute atomic E-state index is 12.4. The topological polar surface area (TPSA) is 57.7 Å². The largest absolute Gasteiger partial charge is 0.493 e. The zero-order valence-electron chi connectivity index (χ0n) is 13.8. The van der Waals surface area contributed by atoms with Gasteiger partial charge in [-0.1, -0.05) is 24.3 Å². The second kappa shape index (κ2) is 7.77. The molecule has 0 saturated carbocycles. The molecule has 1 aromatic heterocycles. The highest BCUT2D eigenvalue weighted by Crippen LogP contribution is 2.29. The van der Waals surface area contributed by atoms with Crippen molar-refractivity contribution in [3.63, 3.8) is 0 Å². The minimum atomic E-state index is -2.95. The molecule has 0 aliphatic rings. The van der Waals surface area contributed by atoms with E-state index in [1.54, 1.807) is 24.4 Å². The van der Waals surface area contributed by atoms with Gasteiger partial charge >= 0.3 is 12.6 Å². The van der Waals surface area contributed by atoms with E-state index in [4.69, 9.17) is 9.47 Å². The van der Waals surface area contributed by atoms with Crippen LogP contribution in [0.25, 0.3) is 10.9 Å². The lowest BCUT2D eigenvalue weighted by atomic mass is 10.1. The summed E-state index contributed by atoms with van der Waals surface area (Å²) in [5.41, 5.74) is 1.48. The standard InChI is InChI=1S/C19H15F2NO4/c1-24-16-10-12(7-8-15(16)26-19(20)21)11-25-18(23)14-6-2-4-13-5-3-9-22-17(13)14/h2-10,19H,11H2,1H3. The number of carbonyl (C=O) groups excluding carboxylic acids is 1. The van der Waals surface area contributed by atoms with Crippen molar-refractivity contribution in [2.45, 2.75) is 13.2 Å². The van der Waals surface area contributed by atoms with E-state index in [9.17, 15) is 13.6 Å². The number of aromatic nitrogens is 1. The Hall–Kier alpha value is -3.22. The number of halogens is 2. The van der Waals surface area contributed by atoms with Gasteiger partial charge in [-0.25, -0.2) is 4.79 Å². The molecular weight excluding hydrogens is 344 g/mol. The summed E-state index contributed by atoms with van der Waals surface area (Å²) in [6.45, 7) is -3.00. The first kappa shape index (κ1) is 17.6. The number of pyridine rings is 1. The minimum absolute atomic E-state index is 0.0482. The molecule has 0 aliphatic carbocycles. The van der Waals surface area contributed by atoms with Crippen molar-refractivity contribution in [2.75, 3.05) is 7.11 Å². The van der Waals surface area contributed by atoms with Crippen molar-refractivity contribution < 1.29 is 27.8 Å². The number of hydrogen-bond donors (Lipinski definition) is 0. The van der Waals surface area contributed by atoms with E-state index in [1.807, 2.05) is 12.1 Å². The second-order valence-electron chi connectivity index (χ2n) is 5.32. The highest BCUT2D eigenvalue weighted by molar-refractivity contribution is 6.02. The molecule has 0 amide bonds. The first-order valence-corrected chi connectivity index (χ1v) is 7.71. The zero-order valence-corrected chi connectivity index (χ0v) is 13.8. The summed E-state index contributed by atoms with van der Waals surface area (Å²) < 4.78 is 39.4. The summed E-state index contributed by atoms with van der Waals surface area (Å²) in [6, 6.07) is 13.2. The van der Waals surface area contributed by atoms with Gasteiger partial charge in [-0.2, -0.15) is 8.78 Å². The van der Waals surface area contributed by atoms with Gasteiger partial charge in [0.05, 0.1) is 18.2 Å². The fourth-order valence-corrected chi connectivity index (χ4v) is 2.49. The van der Waals surface area contributed by atoms with Crippen LogP contribution in [0.5, 0.6) is 11.5 Å². The second-order valence-corrected chi connectivity index (χ2v) is 5.32. The maximum Gasteiger partial charge on any atom is 0.387 e. The van der Waals surface area contributed by atoms with Crippen LogP contribution in [0.15, 0.2) is 54.7 Å². The molecule has 0 aliphatic heterocycles. The Morgan fingerprint density at radius 3 is 2.69 bits per heavy atom. The van der Waals surface area contributed by atoms with Crippen LogP contribution in [0.2, 0.25) is 0 Å². The maximum atomic E-state index is 12.4. The van der Waals surface area contributed by atoms with Gasteiger partial charge in [-0.3, -0.25) is 4.98 Å². The Kier molecular flexibility index (Phi) is 5.26. The molecule has 0 unspecified atom stereocenters. The molecule has 0 N–H and O–H groups in total. The summed E-state index contributed by atoms with van der Waals surface area (Å²) in [4.78, 5) is 16.6. The third kappa shape index (κ3) is 3.88. The van der Waals surface area contributed by atoms with Crippen LogP contribution in [-0.4, -0.2) is 24.7 Å². The van der Waals surface area contributed by atoms with E-state index < -0.39 is 12.6 Å². The molecule has 0 radical (unpaired) electrons. The van der Waals surface area contributed by atoms with Crippen LogP contribution in [0.4, 0.5) is 8.78 Å². The Morgan fingerprint density at radius 1 is 1.12 bits per heavy atom. The number of para-hydroxylation sites is 1. The lowest BCUT2D eigenvalue weighted by Crippen LogP contribution is -2.07. The lowest BCUT2D eigenvalue weighted by Gasteiger charge is -2.12. The number of hydrogen-bond acceptors (Lipinski definition) is 5. The van der Waals surface area contributed by atoms with Crippen LogP contribution < -0.4 is 9.47 Å². The van der Waals surface area contributed by atoms with Gasteiger partial charge in [0.15, 0.2) is 11.5 Å². The monoisotopic (exact) mass is 359 g/mol. The van der Waals surface area contributed by atoms with E-state index in [0.29, 0.717) is 16.6 Å². The first-order chi connectivity index (χ1) is 12.6. The van der Waals surface area contributed by atoms with Gasteiger partial charge in [0.1, 0.15) is 6.61 Å². The van der Waals surface area contributed by atoms with Crippen LogP contribution in [0.1, 0.15) is 15.9 Å². The van der Waals surface area contributed by atoms with Crippen LogP contribution in [0, 0.1) is 0 Å². The minimum Gasteiger partial charge on any atom is -0.493 e. The molecule has 0 fully saturated rings. The smallest absolute Gasteiger partial charge is 0.387 e. The van der Waals surface area contributed by atoms with Gasteiger partial charge in [-0.15, -0.1) is 0 Å². The number of carbonyl (C=O) groups is 1. The predicted octanol–water partition coefficient (Wildman–Crippen LogP) is 4.20. The molecule has 0 saturated heterocycles. The summed E-state index contributed by atoms with van der Waals surface area (Å²) >= 11 is 0. The van der Waals surface area contributed by atoms with E-state index in [1.165, 1.54) is 25.3 Å². The molecule has 0 spiro atoms. The molecule has 1 heterocycles. The van der Waals surface area contributed by atoms with Gasteiger partial charge in [-0.05, 0) is 29.8 Å². The Morgan fingerprint density at radius 2 is 1.92 bits per heavy atom. The lowest BCUT2D eigenvalue weighted by molar-refractivity contribution is -0.0512. The molecule has 3 aromatic rings. The number of methoxy groups -OCH3 is 1. The Labute approximate surface area is 148 Å². The summed E-state index contributed by atoms with van der Waals surface area (Å²) in [5, 5.41) is 0.831. The van der Waals surface area contributed by atoms with Crippen molar-refractivity contribution in [3.05, 3.63) is 65.9 Å². The number of benzene rings is 2. The number of fused-ring (bicyclic) bond motifs is 1. The first-order valence-electron chi connectivity index (χ1n) is 7.71. The van der Waals surface area contributed by atoms with E-state index >= 15 is 0 Å². The Bertz CT molecular complexity index is 925. The van der Waals surface area contributed by atoms with Crippen LogP contribution >= 0.6 is 0 Å². The van der Waals surface area contributed by atoms with E-state index in [0.717, 1.165) is 5.39 Å². The molecule has 2 aromatic carbocycles. The number of rotatable bonds is 6. The molecule has 26 heavy (non-hydrogen) atoms. The van der Waals surface area contributed by atoms with Gasteiger partial charge in [0.2, 0.25) is 0 Å². The average molecular weight is 359 g/mol. The Balaban J connectivity index is 1.75. The van der Waals surface area contributed by atoms with E-state index in [-0.39, 0.29) is 18.1 Å². The highest BCUT2D eigenvalue weighted by Gasteiger charge is 2.14. The fourth-order valence-electron chi connectivity index (χ4n) is 2.49. The molecule has 7 heteroatoms. The van der Waals surface area contributed by atoms with Crippen molar-refractivity contribution in [1.29, 1.82) is 0 Å². The van der Waals surface area contributed by atoms with Crippen molar-refractivity contribution in [2.24, 2.45) is 0 Å². The molecule has 0 bridgehead atoms. The molecule has 134 valence electrons. The highest BCUT2D eigenvalue weighted by atomic mass is 19.3. The normalized spacial score (nSPS) is 10.8. The summed E-state index contributed by atoms with van der Waals surface area (Å²) in [6.07, 6.45) is 1.60.